The molecular weight excluding hydrogens is 396 g/mol. The summed E-state index contributed by atoms with van der Waals surface area (Å²) >= 11 is 0. The van der Waals surface area contributed by atoms with Crippen LogP contribution in [0.3, 0.4) is 0 Å². The highest BCUT2D eigenvalue weighted by Crippen LogP contribution is 2.46. The highest BCUT2D eigenvalue weighted by atomic mass is 16.3. The van der Waals surface area contributed by atoms with E-state index in [0.29, 0.717) is 11.1 Å². The van der Waals surface area contributed by atoms with Crippen molar-refractivity contribution in [3.63, 3.8) is 0 Å². The molecule has 32 heavy (non-hydrogen) atoms. The molecule has 1 aliphatic heterocycles. The Kier molecular flexibility index (Phi) is 5.20. The molecule has 4 rings (SSSR count). The van der Waals surface area contributed by atoms with Gasteiger partial charge in [-0.15, -0.1) is 0 Å². The zero-order chi connectivity index (χ0) is 23.3. The fraction of sp³-hybridized carbons (Fsp3) is 0.286. The molecule has 164 valence electrons. The van der Waals surface area contributed by atoms with Crippen LogP contribution in [0, 0.1) is 0 Å². The van der Waals surface area contributed by atoms with E-state index in [2.05, 4.69) is 0 Å². The van der Waals surface area contributed by atoms with Crippen molar-refractivity contribution in [3.05, 3.63) is 71.8 Å². The maximum atomic E-state index is 11.3. The second-order valence-electron chi connectivity index (χ2n) is 9.54. The summed E-state index contributed by atoms with van der Waals surface area (Å²) in [6.07, 6.45) is 0. The van der Waals surface area contributed by atoms with Gasteiger partial charge in [0, 0.05) is 44.5 Å². The third-order valence-corrected chi connectivity index (χ3v) is 6.98. The Bertz CT molecular complexity index is 1170. The molecule has 0 aliphatic carbocycles. The van der Waals surface area contributed by atoms with Gasteiger partial charge in [0.15, 0.2) is 0 Å². The molecular formula is C28H30N2O2. The van der Waals surface area contributed by atoms with E-state index in [-0.39, 0.29) is 11.5 Å². The highest BCUT2D eigenvalue weighted by Gasteiger charge is 2.32. The zero-order valence-corrected chi connectivity index (χ0v) is 19.6. The molecule has 0 amide bonds. The average Bonchev–Trinajstić information content (AvgIpc) is 2.74. The lowest BCUT2D eigenvalue weighted by atomic mass is 9.77. The molecule has 0 aromatic heterocycles. The molecule has 1 heterocycles. The molecule has 4 bridgehead atoms. The molecule has 0 fully saturated rings. The Morgan fingerprint density at radius 3 is 1.31 bits per heavy atom. The van der Waals surface area contributed by atoms with Gasteiger partial charge in [-0.2, -0.15) is 0 Å². The van der Waals surface area contributed by atoms with Crippen LogP contribution in [0.5, 0.6) is 11.5 Å². The van der Waals surface area contributed by atoms with Gasteiger partial charge in [0.2, 0.25) is 0 Å². The van der Waals surface area contributed by atoms with Gasteiger partial charge in [0.25, 0.3) is 0 Å². The van der Waals surface area contributed by atoms with Crippen LogP contribution >= 0.6 is 0 Å². The molecule has 4 nitrogen and oxygen atoms in total. The zero-order valence-electron chi connectivity index (χ0n) is 19.6. The van der Waals surface area contributed by atoms with E-state index in [1.54, 1.807) is 0 Å². The summed E-state index contributed by atoms with van der Waals surface area (Å²) in [6.45, 7) is 12.2. The van der Waals surface area contributed by atoms with E-state index in [4.69, 9.17) is 9.98 Å². The number of nitrogens with zero attached hydrogens (tertiary/aromatic N) is 2. The molecule has 0 saturated carbocycles. The monoisotopic (exact) mass is 426 g/mol. The predicted molar refractivity (Wildman–Crippen MR) is 133 cm³/mol. The van der Waals surface area contributed by atoms with Crippen molar-refractivity contribution in [1.82, 2.24) is 0 Å². The van der Waals surface area contributed by atoms with E-state index in [9.17, 15) is 10.2 Å². The first-order valence-corrected chi connectivity index (χ1v) is 10.9. The van der Waals surface area contributed by atoms with Crippen molar-refractivity contribution in [2.75, 3.05) is 0 Å². The van der Waals surface area contributed by atoms with E-state index in [0.717, 1.165) is 33.9 Å². The molecule has 2 N–H and O–H groups in total. The second-order valence-corrected chi connectivity index (χ2v) is 9.54. The number of phenols is 2. The number of para-hydroxylation sites is 4. The van der Waals surface area contributed by atoms with E-state index in [1.165, 1.54) is 0 Å². The van der Waals surface area contributed by atoms with E-state index >= 15 is 0 Å². The average molecular weight is 427 g/mol. The Morgan fingerprint density at radius 1 is 0.562 bits per heavy atom. The van der Waals surface area contributed by atoms with Gasteiger partial charge in [0.05, 0.1) is 11.4 Å². The topological polar surface area (TPSA) is 65.2 Å². The third kappa shape index (κ3) is 3.40. The molecule has 3 aromatic carbocycles. The summed E-state index contributed by atoms with van der Waals surface area (Å²) in [7, 11) is 0. The van der Waals surface area contributed by atoms with Gasteiger partial charge in [-0.05, 0) is 26.0 Å². The molecule has 0 spiro atoms. The van der Waals surface area contributed by atoms with Crippen molar-refractivity contribution >= 4 is 22.8 Å². The van der Waals surface area contributed by atoms with Crippen molar-refractivity contribution < 1.29 is 10.2 Å². The number of hydrogen-bond donors (Lipinski definition) is 2. The maximum Gasteiger partial charge on any atom is 0.127 e. The number of aromatic hydroxyl groups is 2. The van der Waals surface area contributed by atoms with Crippen LogP contribution in [0.1, 0.15) is 52.7 Å². The van der Waals surface area contributed by atoms with Crippen molar-refractivity contribution in [2.45, 2.75) is 52.4 Å². The molecule has 0 radical (unpaired) electrons. The number of hydrogen-bond acceptors (Lipinski definition) is 4. The number of fused-ring (bicyclic) bond motifs is 6. The fourth-order valence-corrected chi connectivity index (χ4v) is 4.21. The van der Waals surface area contributed by atoms with E-state index in [1.807, 2.05) is 102 Å². The number of phenolic OH excluding ortho intramolecular Hbond substituents is 2. The van der Waals surface area contributed by atoms with Crippen molar-refractivity contribution in [1.29, 1.82) is 0 Å². The summed E-state index contributed by atoms with van der Waals surface area (Å²) in [4.78, 5) is 9.90. The van der Waals surface area contributed by atoms with Gasteiger partial charge < -0.3 is 10.2 Å². The van der Waals surface area contributed by atoms with Crippen LogP contribution in [-0.2, 0) is 10.8 Å². The largest absolute Gasteiger partial charge is 0.507 e. The molecule has 0 unspecified atom stereocenters. The quantitative estimate of drug-likeness (QED) is 0.398. The van der Waals surface area contributed by atoms with Gasteiger partial charge >= 0.3 is 0 Å². The van der Waals surface area contributed by atoms with Crippen LogP contribution < -0.4 is 0 Å². The van der Waals surface area contributed by atoms with Crippen LogP contribution in [0.15, 0.2) is 70.6 Å². The number of benzene rings is 3. The van der Waals surface area contributed by atoms with Crippen LogP contribution in [-0.4, -0.2) is 21.6 Å². The first kappa shape index (κ1) is 21.8. The highest BCUT2D eigenvalue weighted by molar-refractivity contribution is 5.99. The summed E-state index contributed by atoms with van der Waals surface area (Å²) in [5, 5.41) is 22.7. The smallest absolute Gasteiger partial charge is 0.127 e. The third-order valence-electron chi connectivity index (χ3n) is 6.98. The minimum absolute atomic E-state index is 0.160. The summed E-state index contributed by atoms with van der Waals surface area (Å²) < 4.78 is 0. The Labute approximate surface area is 190 Å². The summed E-state index contributed by atoms with van der Waals surface area (Å²) in [6, 6.07) is 19.2. The molecule has 4 heteroatoms. The Hall–Kier alpha value is -3.40. The summed E-state index contributed by atoms with van der Waals surface area (Å²) in [5.41, 5.74) is 4.92. The standard InChI is InChI=1S/C28H30N2O2/c1-17-27(3,4)21-13-9-11-19(25(21)31)20-12-10-14-22(26(20)32)28(5,6)18(2)30-24-16-8-7-15-23(24)29-17/h7-16,31-32H,1-6H3. The number of rotatable bonds is 0. The number of aliphatic imine (C=N–C) groups is 2. The minimum Gasteiger partial charge on any atom is -0.507 e. The predicted octanol–water partition coefficient (Wildman–Crippen LogP) is 7.22. The first-order chi connectivity index (χ1) is 15.0. The lowest BCUT2D eigenvalue weighted by Gasteiger charge is -2.30. The molecule has 1 aliphatic rings. The maximum absolute atomic E-state index is 11.3. The Morgan fingerprint density at radius 2 is 0.938 bits per heavy atom. The van der Waals surface area contributed by atoms with Gasteiger partial charge in [-0.1, -0.05) is 76.2 Å². The van der Waals surface area contributed by atoms with Crippen molar-refractivity contribution in [3.8, 4) is 22.6 Å². The van der Waals surface area contributed by atoms with E-state index < -0.39 is 10.8 Å². The van der Waals surface area contributed by atoms with Gasteiger partial charge in [-0.25, -0.2) is 0 Å². The molecule has 0 atom stereocenters. The SMILES string of the molecule is CC1=Nc2ccccc2N=C(C)C(C)(C)c2cccc(c2O)-c2cccc(c2O)C1(C)C. The fourth-order valence-electron chi connectivity index (χ4n) is 4.21. The van der Waals surface area contributed by atoms with Gasteiger partial charge in [0.1, 0.15) is 11.5 Å². The van der Waals surface area contributed by atoms with Crippen LogP contribution in [0.2, 0.25) is 0 Å². The van der Waals surface area contributed by atoms with Crippen LogP contribution in [0.25, 0.3) is 11.1 Å². The molecule has 3 aromatic rings. The minimum atomic E-state index is -0.539. The van der Waals surface area contributed by atoms with Gasteiger partial charge in [-0.3, -0.25) is 9.98 Å². The summed E-state index contributed by atoms with van der Waals surface area (Å²) in [5.74, 6) is 0.320. The lowest BCUT2D eigenvalue weighted by molar-refractivity contribution is 0.452. The first-order valence-electron chi connectivity index (χ1n) is 10.9. The van der Waals surface area contributed by atoms with Crippen LogP contribution in [0.4, 0.5) is 11.4 Å². The lowest BCUT2D eigenvalue weighted by Crippen LogP contribution is -2.27. The second kappa shape index (κ2) is 7.63. The molecule has 0 saturated heterocycles. The normalized spacial score (nSPS) is 16.9. The Balaban J connectivity index is 2.13. The van der Waals surface area contributed by atoms with Crippen molar-refractivity contribution in [2.24, 2.45) is 9.98 Å².